The van der Waals surface area contributed by atoms with Crippen molar-refractivity contribution in [2.45, 2.75) is 13.5 Å². The van der Waals surface area contributed by atoms with Gasteiger partial charge in [0, 0.05) is 11.6 Å². The van der Waals surface area contributed by atoms with Gasteiger partial charge in [0.25, 0.3) is 0 Å². The Morgan fingerprint density at radius 2 is 2.11 bits per heavy atom. The average Bonchev–Trinajstić information content (AvgIpc) is 2.77. The van der Waals surface area contributed by atoms with Crippen LogP contribution >= 0.6 is 11.6 Å². The number of halogens is 1. The summed E-state index contributed by atoms with van der Waals surface area (Å²) in [5.41, 5.74) is 3.07. The van der Waals surface area contributed by atoms with E-state index in [9.17, 15) is 5.11 Å². The van der Waals surface area contributed by atoms with Gasteiger partial charge in [-0.1, -0.05) is 29.8 Å². The lowest BCUT2D eigenvalue weighted by molar-refractivity contribution is 0.277. The molecule has 96 valence electrons. The Morgan fingerprint density at radius 1 is 1.32 bits per heavy atom. The summed E-state index contributed by atoms with van der Waals surface area (Å²) in [5.74, 6) is 0. The van der Waals surface area contributed by atoms with Crippen LogP contribution in [0.3, 0.4) is 0 Å². The van der Waals surface area contributed by atoms with Crippen molar-refractivity contribution in [1.29, 1.82) is 0 Å². The van der Waals surface area contributed by atoms with E-state index in [1.165, 1.54) is 0 Å². The van der Waals surface area contributed by atoms with Gasteiger partial charge in [-0.2, -0.15) is 5.10 Å². The molecule has 5 heteroatoms. The van der Waals surface area contributed by atoms with Crippen LogP contribution < -0.4 is 0 Å². The molecular formula is C14H12ClN3O. The number of aryl methyl sites for hydroxylation is 1. The Balaban J connectivity index is 2.32. The zero-order valence-electron chi connectivity index (χ0n) is 10.3. The molecule has 0 bridgehead atoms. The largest absolute Gasteiger partial charge is 0.390 e. The topological polar surface area (TPSA) is 50.9 Å². The molecule has 3 aromatic rings. The number of hydrogen-bond donors (Lipinski definition) is 1. The second kappa shape index (κ2) is 4.64. The highest BCUT2D eigenvalue weighted by Gasteiger charge is 2.10. The number of fused-ring (bicyclic) bond motifs is 1. The summed E-state index contributed by atoms with van der Waals surface area (Å²) in [4.78, 5) is 4.39. The maximum atomic E-state index is 9.31. The Morgan fingerprint density at radius 3 is 2.79 bits per heavy atom. The SMILES string of the molecule is Cc1nn(-c2cc(CO)nc3ccccc23)cc1Cl. The van der Waals surface area contributed by atoms with Crippen molar-refractivity contribution in [2.24, 2.45) is 0 Å². The maximum Gasteiger partial charge on any atom is 0.0854 e. The van der Waals surface area contributed by atoms with Crippen LogP contribution in [0.2, 0.25) is 5.02 Å². The third-order valence-corrected chi connectivity index (χ3v) is 3.37. The van der Waals surface area contributed by atoms with Crippen molar-refractivity contribution < 1.29 is 5.11 Å². The average molecular weight is 274 g/mol. The molecule has 0 atom stereocenters. The highest BCUT2D eigenvalue weighted by molar-refractivity contribution is 6.31. The van der Waals surface area contributed by atoms with Gasteiger partial charge in [-0.05, 0) is 19.1 Å². The molecule has 19 heavy (non-hydrogen) atoms. The van der Waals surface area contributed by atoms with Gasteiger partial charge in [-0.3, -0.25) is 4.98 Å². The molecule has 0 fully saturated rings. The maximum absolute atomic E-state index is 9.31. The summed E-state index contributed by atoms with van der Waals surface area (Å²) in [6, 6.07) is 9.58. The summed E-state index contributed by atoms with van der Waals surface area (Å²) in [6.07, 6.45) is 1.76. The second-order valence-corrected chi connectivity index (χ2v) is 4.72. The number of hydrogen-bond acceptors (Lipinski definition) is 3. The van der Waals surface area contributed by atoms with Crippen molar-refractivity contribution >= 4 is 22.5 Å². The summed E-state index contributed by atoms with van der Waals surface area (Å²) >= 11 is 6.06. The van der Waals surface area contributed by atoms with Crippen molar-refractivity contribution in [3.8, 4) is 5.69 Å². The molecule has 1 aromatic carbocycles. The monoisotopic (exact) mass is 273 g/mol. The molecule has 0 saturated heterocycles. The molecule has 2 aromatic heterocycles. The lowest BCUT2D eigenvalue weighted by atomic mass is 10.1. The zero-order valence-corrected chi connectivity index (χ0v) is 11.1. The number of aromatic nitrogens is 3. The minimum Gasteiger partial charge on any atom is -0.390 e. The third kappa shape index (κ3) is 2.09. The number of para-hydroxylation sites is 1. The summed E-state index contributed by atoms with van der Waals surface area (Å²) < 4.78 is 1.72. The first-order valence-electron chi connectivity index (χ1n) is 5.90. The summed E-state index contributed by atoms with van der Waals surface area (Å²) in [7, 11) is 0. The zero-order chi connectivity index (χ0) is 13.4. The Bertz CT molecular complexity index is 732. The van der Waals surface area contributed by atoms with Crippen molar-refractivity contribution in [2.75, 3.05) is 0 Å². The number of aliphatic hydroxyl groups is 1. The van der Waals surface area contributed by atoms with Gasteiger partial charge in [0.2, 0.25) is 0 Å². The van der Waals surface area contributed by atoms with E-state index in [0.29, 0.717) is 10.7 Å². The van der Waals surface area contributed by atoms with Crippen LogP contribution in [0.4, 0.5) is 0 Å². The van der Waals surface area contributed by atoms with E-state index in [2.05, 4.69) is 10.1 Å². The van der Waals surface area contributed by atoms with Crippen LogP contribution in [0.5, 0.6) is 0 Å². The molecule has 0 aliphatic carbocycles. The molecule has 0 radical (unpaired) electrons. The number of rotatable bonds is 2. The van der Waals surface area contributed by atoms with Crippen molar-refractivity contribution in [3.05, 3.63) is 52.9 Å². The lowest BCUT2D eigenvalue weighted by Crippen LogP contribution is -2.00. The van der Waals surface area contributed by atoms with Gasteiger partial charge in [-0.15, -0.1) is 0 Å². The fourth-order valence-corrected chi connectivity index (χ4v) is 2.17. The van der Waals surface area contributed by atoms with Crippen LogP contribution in [0, 0.1) is 6.92 Å². The Labute approximate surface area is 115 Å². The van der Waals surface area contributed by atoms with Gasteiger partial charge < -0.3 is 5.11 Å². The van der Waals surface area contributed by atoms with E-state index in [0.717, 1.165) is 22.3 Å². The first kappa shape index (κ1) is 12.1. The highest BCUT2D eigenvalue weighted by Crippen LogP contribution is 2.24. The quantitative estimate of drug-likeness (QED) is 0.781. The summed E-state index contributed by atoms with van der Waals surface area (Å²) in [6.45, 7) is 1.75. The minimum atomic E-state index is -0.105. The second-order valence-electron chi connectivity index (χ2n) is 4.31. The van der Waals surface area contributed by atoms with Crippen LogP contribution in [0.15, 0.2) is 36.5 Å². The van der Waals surface area contributed by atoms with Crippen LogP contribution in [-0.4, -0.2) is 19.9 Å². The van der Waals surface area contributed by atoms with Crippen molar-refractivity contribution in [1.82, 2.24) is 14.8 Å². The van der Waals surface area contributed by atoms with E-state index in [-0.39, 0.29) is 6.61 Å². The van der Waals surface area contributed by atoms with Gasteiger partial charge in [0.1, 0.15) is 0 Å². The van der Waals surface area contributed by atoms with E-state index in [1.807, 2.05) is 37.3 Å². The minimum absolute atomic E-state index is 0.105. The molecular weight excluding hydrogens is 262 g/mol. The predicted octanol–water partition coefficient (Wildman–Crippen LogP) is 2.87. The van der Waals surface area contributed by atoms with Gasteiger partial charge in [0.05, 0.1) is 34.2 Å². The Hall–Kier alpha value is -1.91. The fraction of sp³-hybridized carbons (Fsp3) is 0.143. The molecule has 0 amide bonds. The fourth-order valence-electron chi connectivity index (χ4n) is 2.04. The standard InChI is InChI=1S/C14H12ClN3O/c1-9-12(15)7-18(17-9)14-6-10(8-19)16-13-5-3-2-4-11(13)14/h2-7,19H,8H2,1H3. The summed E-state index contributed by atoms with van der Waals surface area (Å²) in [5, 5.41) is 15.3. The molecule has 3 rings (SSSR count). The van der Waals surface area contributed by atoms with Gasteiger partial charge >= 0.3 is 0 Å². The first-order valence-corrected chi connectivity index (χ1v) is 6.28. The van der Waals surface area contributed by atoms with Crippen LogP contribution in [0.1, 0.15) is 11.4 Å². The predicted molar refractivity (Wildman–Crippen MR) is 74.5 cm³/mol. The molecule has 0 saturated carbocycles. The molecule has 0 aliphatic rings. The highest BCUT2D eigenvalue weighted by atomic mass is 35.5. The number of pyridine rings is 1. The molecule has 0 unspecified atom stereocenters. The van der Waals surface area contributed by atoms with E-state index >= 15 is 0 Å². The van der Waals surface area contributed by atoms with Crippen molar-refractivity contribution in [3.63, 3.8) is 0 Å². The Kier molecular flexibility index (Phi) is 2.97. The smallest absolute Gasteiger partial charge is 0.0854 e. The van der Waals surface area contributed by atoms with E-state index in [4.69, 9.17) is 11.6 Å². The molecule has 4 nitrogen and oxygen atoms in total. The number of aliphatic hydroxyl groups excluding tert-OH is 1. The van der Waals surface area contributed by atoms with Crippen LogP contribution in [0.25, 0.3) is 16.6 Å². The van der Waals surface area contributed by atoms with Gasteiger partial charge in [0.15, 0.2) is 0 Å². The lowest BCUT2D eigenvalue weighted by Gasteiger charge is -2.08. The van der Waals surface area contributed by atoms with E-state index in [1.54, 1.807) is 10.9 Å². The normalized spacial score (nSPS) is 11.1. The molecule has 0 aliphatic heterocycles. The number of nitrogens with zero attached hydrogens (tertiary/aromatic N) is 3. The van der Waals surface area contributed by atoms with Crippen LogP contribution in [-0.2, 0) is 6.61 Å². The van der Waals surface area contributed by atoms with Gasteiger partial charge in [-0.25, -0.2) is 4.68 Å². The molecule has 1 N–H and O–H groups in total. The first-order chi connectivity index (χ1) is 9.19. The number of benzene rings is 1. The molecule has 0 spiro atoms. The third-order valence-electron chi connectivity index (χ3n) is 3.00. The van der Waals surface area contributed by atoms with E-state index < -0.39 is 0 Å². The molecule has 2 heterocycles.